The highest BCUT2D eigenvalue weighted by atomic mass is 16.6. The van der Waals surface area contributed by atoms with Crippen LogP contribution in [0.15, 0.2) is 18.2 Å². The van der Waals surface area contributed by atoms with E-state index in [-0.39, 0.29) is 12.3 Å². The Morgan fingerprint density at radius 1 is 1.19 bits per heavy atom. The van der Waals surface area contributed by atoms with Crippen molar-refractivity contribution < 1.29 is 23.8 Å². The average molecular weight is 445 g/mol. The maximum atomic E-state index is 13.1. The van der Waals surface area contributed by atoms with Gasteiger partial charge in [-0.15, -0.1) is 0 Å². The maximum Gasteiger partial charge on any atom is 0.414 e. The zero-order valence-electron chi connectivity index (χ0n) is 19.4. The lowest BCUT2D eigenvalue weighted by atomic mass is 10.1. The average Bonchev–Trinajstić information content (AvgIpc) is 3.12. The zero-order chi connectivity index (χ0) is 23.5. The highest BCUT2D eigenvalue weighted by molar-refractivity contribution is 6.01. The second-order valence-corrected chi connectivity index (χ2v) is 8.45. The van der Waals surface area contributed by atoms with E-state index < -0.39 is 17.7 Å². The van der Waals surface area contributed by atoms with Crippen molar-refractivity contribution in [2.45, 2.75) is 59.6 Å². The molecule has 2 aromatic rings. The molecule has 0 radical (unpaired) electrons. The summed E-state index contributed by atoms with van der Waals surface area (Å²) in [6.07, 6.45) is 0.807. The van der Waals surface area contributed by atoms with E-state index in [4.69, 9.17) is 25.0 Å². The molecule has 0 spiro atoms. The number of aryl methyl sites for hydroxylation is 1. The van der Waals surface area contributed by atoms with Crippen LogP contribution in [0.25, 0.3) is 5.69 Å². The summed E-state index contributed by atoms with van der Waals surface area (Å²) in [4.78, 5) is 27.6. The summed E-state index contributed by atoms with van der Waals surface area (Å²) in [6, 6.07) is 5.51. The number of anilines is 1. The lowest BCUT2D eigenvalue weighted by molar-refractivity contribution is 0.0516. The number of benzene rings is 1. The van der Waals surface area contributed by atoms with Gasteiger partial charge in [0, 0.05) is 13.1 Å². The van der Waals surface area contributed by atoms with Gasteiger partial charge in [-0.05, 0) is 65.2 Å². The van der Waals surface area contributed by atoms with E-state index in [9.17, 15) is 9.59 Å². The molecule has 0 unspecified atom stereocenters. The number of rotatable bonds is 6. The minimum atomic E-state index is -0.672. The third-order valence-electron chi connectivity index (χ3n) is 4.87. The van der Waals surface area contributed by atoms with Gasteiger partial charge in [-0.3, -0.25) is 4.90 Å². The van der Waals surface area contributed by atoms with E-state index in [2.05, 4.69) is 0 Å². The number of ether oxygens (including phenoxy) is 3. The van der Waals surface area contributed by atoms with Gasteiger partial charge in [-0.2, -0.15) is 5.10 Å². The number of hydrogen-bond acceptors (Lipinski definition) is 7. The lowest BCUT2D eigenvalue weighted by Gasteiger charge is -2.30. The number of aromatic nitrogens is 2. The normalized spacial score (nSPS) is 13.5. The van der Waals surface area contributed by atoms with Gasteiger partial charge < -0.3 is 19.9 Å². The lowest BCUT2D eigenvalue weighted by Crippen LogP contribution is -2.40. The molecule has 32 heavy (non-hydrogen) atoms. The van der Waals surface area contributed by atoms with Gasteiger partial charge >= 0.3 is 12.1 Å². The molecule has 1 aliphatic heterocycles. The number of hydrogen-bond donors (Lipinski definition) is 1. The van der Waals surface area contributed by atoms with Gasteiger partial charge in [-0.25, -0.2) is 14.3 Å². The number of carbonyl (C=O) groups is 2. The Morgan fingerprint density at radius 2 is 1.94 bits per heavy atom. The first-order valence-electron chi connectivity index (χ1n) is 11.0. The van der Waals surface area contributed by atoms with Crippen LogP contribution in [-0.4, -0.2) is 47.2 Å². The summed E-state index contributed by atoms with van der Waals surface area (Å²) < 4.78 is 18.3. The Bertz CT molecular complexity index is 993. The minimum absolute atomic E-state index is 0.175. The predicted octanol–water partition coefficient (Wildman–Crippen LogP) is 3.59. The molecule has 2 heterocycles. The van der Waals surface area contributed by atoms with Crippen molar-refractivity contribution in [1.29, 1.82) is 0 Å². The Kier molecular flexibility index (Phi) is 7.08. The maximum absolute atomic E-state index is 13.1. The number of fused-ring (bicyclic) bond motifs is 1. The second-order valence-electron chi connectivity index (χ2n) is 8.45. The van der Waals surface area contributed by atoms with Crippen LogP contribution >= 0.6 is 0 Å². The third-order valence-corrected chi connectivity index (χ3v) is 4.87. The van der Waals surface area contributed by atoms with Gasteiger partial charge in [0.25, 0.3) is 0 Å². The molecule has 0 aliphatic carbocycles. The number of esters is 1. The highest BCUT2D eigenvalue weighted by Crippen LogP contribution is 2.36. The van der Waals surface area contributed by atoms with Crippen molar-refractivity contribution in [3.05, 3.63) is 35.2 Å². The van der Waals surface area contributed by atoms with E-state index in [1.807, 2.05) is 25.1 Å². The summed E-state index contributed by atoms with van der Waals surface area (Å²) in [5.74, 6) is -0.0216. The topological polar surface area (TPSA) is 109 Å². The van der Waals surface area contributed by atoms with Crippen molar-refractivity contribution >= 4 is 17.7 Å². The molecule has 0 fully saturated rings. The molecule has 1 aliphatic rings. The molecule has 1 aromatic carbocycles. The van der Waals surface area contributed by atoms with Crippen molar-refractivity contribution in [1.82, 2.24) is 9.78 Å². The SMILES string of the molecule is CCOC(=O)c1c2c(nn1-c1ccc(CN)cc1OCC)CCCN2C(=O)OC(C)(C)C. The minimum Gasteiger partial charge on any atom is -0.492 e. The zero-order valence-corrected chi connectivity index (χ0v) is 19.4. The van der Waals surface area contributed by atoms with Crippen LogP contribution in [-0.2, 0) is 22.4 Å². The molecule has 1 amide bonds. The van der Waals surface area contributed by atoms with E-state index in [1.54, 1.807) is 27.7 Å². The molecule has 2 N–H and O–H groups in total. The van der Waals surface area contributed by atoms with Gasteiger partial charge in [0.05, 0.1) is 18.9 Å². The largest absolute Gasteiger partial charge is 0.492 e. The van der Waals surface area contributed by atoms with E-state index in [0.29, 0.717) is 55.4 Å². The smallest absolute Gasteiger partial charge is 0.414 e. The van der Waals surface area contributed by atoms with Gasteiger partial charge in [0.2, 0.25) is 0 Å². The molecule has 9 nitrogen and oxygen atoms in total. The van der Waals surface area contributed by atoms with Crippen molar-refractivity contribution in [2.75, 3.05) is 24.7 Å². The Labute approximate surface area is 188 Å². The van der Waals surface area contributed by atoms with E-state index in [0.717, 1.165) is 5.56 Å². The third kappa shape index (κ3) is 4.88. The summed E-state index contributed by atoms with van der Waals surface area (Å²) in [5, 5.41) is 4.71. The van der Waals surface area contributed by atoms with Crippen LogP contribution in [0.1, 0.15) is 62.8 Å². The Morgan fingerprint density at radius 3 is 2.56 bits per heavy atom. The van der Waals surface area contributed by atoms with Gasteiger partial charge in [-0.1, -0.05) is 6.07 Å². The van der Waals surface area contributed by atoms with Crippen molar-refractivity contribution in [3.63, 3.8) is 0 Å². The standard InChI is InChI=1S/C23H32N4O5/c1-6-30-18-13-15(14-24)10-11-17(18)27-20(21(28)31-7-2)19-16(25-27)9-8-12-26(19)22(29)32-23(3,4)5/h10-11,13H,6-9,12,14,24H2,1-5H3. The van der Waals surface area contributed by atoms with Crippen molar-refractivity contribution in [3.8, 4) is 11.4 Å². The van der Waals surface area contributed by atoms with Crippen LogP contribution in [0.4, 0.5) is 10.5 Å². The van der Waals surface area contributed by atoms with E-state index in [1.165, 1.54) is 9.58 Å². The van der Waals surface area contributed by atoms with Crippen molar-refractivity contribution in [2.24, 2.45) is 5.73 Å². The van der Waals surface area contributed by atoms with Crippen LogP contribution < -0.4 is 15.4 Å². The molecule has 9 heteroatoms. The fourth-order valence-corrected chi connectivity index (χ4v) is 3.61. The van der Waals surface area contributed by atoms with Crippen LogP contribution in [0.2, 0.25) is 0 Å². The monoisotopic (exact) mass is 444 g/mol. The number of carbonyl (C=O) groups excluding carboxylic acids is 2. The quantitative estimate of drug-likeness (QED) is 0.678. The first kappa shape index (κ1) is 23.6. The van der Waals surface area contributed by atoms with Crippen LogP contribution in [0, 0.1) is 0 Å². The summed E-state index contributed by atoms with van der Waals surface area (Å²) in [7, 11) is 0. The highest BCUT2D eigenvalue weighted by Gasteiger charge is 2.36. The van der Waals surface area contributed by atoms with Crippen LogP contribution in [0.3, 0.4) is 0 Å². The molecule has 3 rings (SSSR count). The Balaban J connectivity index is 2.20. The van der Waals surface area contributed by atoms with Gasteiger partial charge in [0.15, 0.2) is 5.69 Å². The number of amides is 1. The number of nitrogens with two attached hydrogens (primary N) is 1. The van der Waals surface area contributed by atoms with Gasteiger partial charge in [0.1, 0.15) is 22.7 Å². The molecular weight excluding hydrogens is 412 g/mol. The summed E-state index contributed by atoms with van der Waals surface area (Å²) >= 11 is 0. The molecule has 0 saturated heterocycles. The summed E-state index contributed by atoms with van der Waals surface area (Å²) in [5.41, 5.74) is 7.82. The van der Waals surface area contributed by atoms with Crippen LogP contribution in [0.5, 0.6) is 5.75 Å². The Hall–Kier alpha value is -3.07. The second kappa shape index (κ2) is 9.60. The fraction of sp³-hybridized carbons (Fsp3) is 0.522. The summed E-state index contributed by atoms with van der Waals surface area (Å²) in [6.45, 7) is 10.4. The number of nitrogens with zero attached hydrogens (tertiary/aromatic N) is 3. The molecule has 0 saturated carbocycles. The predicted molar refractivity (Wildman–Crippen MR) is 120 cm³/mol. The van der Waals surface area contributed by atoms with E-state index >= 15 is 0 Å². The molecule has 1 aromatic heterocycles. The molecular formula is C23H32N4O5. The first-order valence-corrected chi connectivity index (χ1v) is 11.0. The first-order chi connectivity index (χ1) is 15.2. The molecule has 0 atom stereocenters. The molecule has 174 valence electrons. The fourth-order valence-electron chi connectivity index (χ4n) is 3.61. The molecule has 0 bridgehead atoms.